The van der Waals surface area contributed by atoms with Gasteiger partial charge in [0.2, 0.25) is 0 Å². The molecule has 12 heteroatoms. The predicted molar refractivity (Wildman–Crippen MR) is 34.9 cm³/mol. The van der Waals surface area contributed by atoms with Gasteiger partial charge < -0.3 is 30.6 Å². The molecule has 12 heavy (non-hydrogen) atoms. The lowest BCUT2D eigenvalue weighted by Gasteiger charge is -1.74. The molecule has 0 aromatic heterocycles. The highest BCUT2D eigenvalue weighted by molar-refractivity contribution is 4.04. The highest BCUT2D eigenvalue weighted by Crippen LogP contribution is 1.44. The van der Waals surface area contributed by atoms with Crippen molar-refractivity contribution in [1.29, 1.82) is 0 Å². The second kappa shape index (κ2) is 34.9. The summed E-state index contributed by atoms with van der Waals surface area (Å²) in [7, 11) is 0. The maximum Gasteiger partial charge on any atom is 0.0689 e. The summed E-state index contributed by atoms with van der Waals surface area (Å²) in [5.74, 6) is 14.0. The largest absolute Gasteiger partial charge is 0.356 e. The Bertz CT molecular complexity index is 70.0. The maximum atomic E-state index is 8.25. The summed E-state index contributed by atoms with van der Waals surface area (Å²) >= 11 is 0. The topological polar surface area (TPSA) is 240 Å². The summed E-state index contributed by atoms with van der Waals surface area (Å²) in [5, 5.41) is 29.5. The lowest BCUT2D eigenvalue weighted by atomic mass is 13.0. The molecule has 0 aliphatic rings. The van der Waals surface area contributed by atoms with Gasteiger partial charge in [0.1, 0.15) is 0 Å². The first-order valence-electron chi connectivity index (χ1n) is 1.91. The Balaban J connectivity index is -0.0000000380. The Kier molecular flexibility index (Phi) is 65.3. The quantitative estimate of drug-likeness (QED) is 0.165. The maximum absolute atomic E-state index is 8.25. The monoisotopic (exact) mass is 190 g/mol. The summed E-state index contributed by atoms with van der Waals surface area (Å²) in [4.78, 5) is 16.5. The number of nitrogens with two attached hydrogens (primary N) is 2. The average Bonchev–Trinajstić information content (AvgIpc) is 1.93. The molecule has 0 atom stereocenters. The molecular weight excluding hydrogens is 180 g/mol. The molecule has 0 saturated heterocycles. The van der Waals surface area contributed by atoms with Gasteiger partial charge in [-0.2, -0.15) is 11.7 Å². The van der Waals surface area contributed by atoms with Crippen LogP contribution >= 0.6 is 0 Å². The van der Waals surface area contributed by atoms with Gasteiger partial charge in [0.25, 0.3) is 0 Å². The van der Waals surface area contributed by atoms with Crippen molar-refractivity contribution >= 4 is 0 Å². The van der Waals surface area contributed by atoms with Gasteiger partial charge in [-0.15, -0.1) is 0 Å². The zero-order valence-electron chi connectivity index (χ0n) is 5.91. The van der Waals surface area contributed by atoms with Crippen LogP contribution in [0.2, 0.25) is 0 Å². The van der Waals surface area contributed by atoms with Crippen LogP contribution in [0.4, 0.5) is 0 Å². The zero-order valence-corrected chi connectivity index (χ0v) is 5.91. The molecule has 0 aliphatic carbocycles. The van der Waals surface area contributed by atoms with Crippen molar-refractivity contribution in [2.75, 3.05) is 0 Å². The van der Waals surface area contributed by atoms with E-state index < -0.39 is 10.2 Å². The third-order valence-corrected chi connectivity index (χ3v) is 0. The van der Waals surface area contributed by atoms with Gasteiger partial charge in [0.15, 0.2) is 0 Å². The van der Waals surface area contributed by atoms with Gasteiger partial charge in [0, 0.05) is 0 Å². The fourth-order valence-electron chi connectivity index (χ4n) is 0. The SMILES string of the molecule is N[NH3+].N[NH3+].O=[N+]([O-])[O-].O=[N+]([O-])[O-]. The van der Waals surface area contributed by atoms with Crippen molar-refractivity contribution in [3.05, 3.63) is 30.6 Å². The van der Waals surface area contributed by atoms with Crippen LogP contribution in [0.1, 0.15) is 0 Å². The summed E-state index contributed by atoms with van der Waals surface area (Å²) < 4.78 is 0. The molecular formula is H10N6O6. The first kappa shape index (κ1) is 22.5. The molecule has 0 aromatic carbocycles. The highest BCUT2D eigenvalue weighted by atomic mass is 16.9. The molecule has 0 aliphatic heterocycles. The number of quaternary nitrogens is 2. The highest BCUT2D eigenvalue weighted by Gasteiger charge is 1.46. The van der Waals surface area contributed by atoms with E-state index in [0.717, 1.165) is 0 Å². The zero-order chi connectivity index (χ0) is 11.2. The predicted octanol–water partition coefficient (Wildman–Crippen LogP) is -4.27. The molecule has 0 rings (SSSR count). The van der Waals surface area contributed by atoms with Crippen molar-refractivity contribution in [1.82, 2.24) is 0 Å². The van der Waals surface area contributed by atoms with Crippen LogP contribution in [0.15, 0.2) is 0 Å². The fraction of sp³-hybridized carbons (Fsp3) is 0. The van der Waals surface area contributed by atoms with Gasteiger partial charge in [-0.3, -0.25) is 11.7 Å². The molecule has 0 spiro atoms. The Morgan fingerprint density at radius 1 is 0.750 bits per heavy atom. The van der Waals surface area contributed by atoms with Crippen molar-refractivity contribution < 1.29 is 21.9 Å². The van der Waals surface area contributed by atoms with Crippen LogP contribution in [-0.4, -0.2) is 10.2 Å². The van der Waals surface area contributed by atoms with E-state index in [-0.39, 0.29) is 0 Å². The van der Waals surface area contributed by atoms with Crippen molar-refractivity contribution in [2.24, 2.45) is 11.7 Å². The molecule has 0 heterocycles. The molecule has 10 N–H and O–H groups in total. The number of rotatable bonds is 0. The summed E-state index contributed by atoms with van der Waals surface area (Å²) in [6.45, 7) is 0. The normalized spacial score (nSPS) is 5.00. The summed E-state index contributed by atoms with van der Waals surface area (Å²) in [6.07, 6.45) is 0. The standard InChI is InChI=1S/2H4N2.2NO3/c2*1-2;2*2-1(3)4/h2*1-2H2;;/q;;2*-1/p+2. The molecule has 76 valence electrons. The number of hydrogen-bond donors (Lipinski definition) is 4. The van der Waals surface area contributed by atoms with Crippen LogP contribution in [0.5, 0.6) is 0 Å². The minimum atomic E-state index is -1.75. The molecule has 12 nitrogen and oxygen atoms in total. The van der Waals surface area contributed by atoms with E-state index >= 15 is 0 Å². The van der Waals surface area contributed by atoms with E-state index in [1.807, 2.05) is 0 Å². The Labute approximate surface area is 65.5 Å². The molecule has 0 saturated carbocycles. The lowest BCUT2D eigenvalue weighted by Crippen LogP contribution is -2.59. The summed E-state index contributed by atoms with van der Waals surface area (Å²) in [6, 6.07) is 0. The van der Waals surface area contributed by atoms with E-state index in [1.54, 1.807) is 0 Å². The van der Waals surface area contributed by atoms with Gasteiger partial charge in [-0.05, 0) is 0 Å². The van der Waals surface area contributed by atoms with Gasteiger partial charge >= 0.3 is 0 Å². The lowest BCUT2D eigenvalue weighted by molar-refractivity contribution is -0.403. The fourth-order valence-corrected chi connectivity index (χ4v) is 0. The van der Waals surface area contributed by atoms with Crippen LogP contribution < -0.4 is 23.4 Å². The van der Waals surface area contributed by atoms with E-state index in [0.29, 0.717) is 0 Å². The second-order valence-corrected chi connectivity index (χ2v) is 0.447. The molecule has 0 fully saturated rings. The second-order valence-electron chi connectivity index (χ2n) is 0.447. The van der Waals surface area contributed by atoms with Crippen LogP contribution in [-0.2, 0) is 0 Å². The first-order chi connectivity index (χ1) is 5.46. The Hall–Kier alpha value is -1.76. The van der Waals surface area contributed by atoms with Gasteiger partial charge in [-0.1, -0.05) is 0 Å². The van der Waals surface area contributed by atoms with E-state index in [2.05, 4.69) is 23.4 Å². The van der Waals surface area contributed by atoms with E-state index in [9.17, 15) is 0 Å². The first-order valence-corrected chi connectivity index (χ1v) is 1.91. The molecule has 0 bridgehead atoms. The molecule has 0 unspecified atom stereocenters. The Morgan fingerprint density at radius 3 is 0.750 bits per heavy atom. The third kappa shape index (κ3) is 139. The van der Waals surface area contributed by atoms with E-state index in [4.69, 9.17) is 30.6 Å². The van der Waals surface area contributed by atoms with Crippen LogP contribution in [0, 0.1) is 30.6 Å². The minimum Gasteiger partial charge on any atom is -0.356 e. The van der Waals surface area contributed by atoms with Crippen molar-refractivity contribution in [2.45, 2.75) is 0 Å². The molecule has 0 radical (unpaired) electrons. The molecule has 0 aromatic rings. The number of nitrogens with zero attached hydrogens (tertiary/aromatic N) is 2. The molecule has 0 amide bonds. The van der Waals surface area contributed by atoms with Gasteiger partial charge in [0.05, 0.1) is 10.2 Å². The third-order valence-electron chi connectivity index (χ3n) is 0. The minimum absolute atomic E-state index is 1.75. The smallest absolute Gasteiger partial charge is 0.0689 e. The number of hydrogen-bond acceptors (Lipinski definition) is 8. The Morgan fingerprint density at radius 2 is 0.750 bits per heavy atom. The van der Waals surface area contributed by atoms with Crippen LogP contribution in [0.25, 0.3) is 0 Å². The summed E-state index contributed by atoms with van der Waals surface area (Å²) in [5.41, 5.74) is 0. The average molecular weight is 190 g/mol. The van der Waals surface area contributed by atoms with Gasteiger partial charge in [-0.25, -0.2) is 0 Å². The van der Waals surface area contributed by atoms with Crippen molar-refractivity contribution in [3.63, 3.8) is 0 Å². The van der Waals surface area contributed by atoms with Crippen molar-refractivity contribution in [3.8, 4) is 0 Å². The van der Waals surface area contributed by atoms with E-state index in [1.165, 1.54) is 0 Å². The van der Waals surface area contributed by atoms with Crippen LogP contribution in [0.3, 0.4) is 0 Å².